The zero-order valence-electron chi connectivity index (χ0n) is 9.18. The predicted molar refractivity (Wildman–Crippen MR) is 63.9 cm³/mol. The maximum absolute atomic E-state index is 11.2. The standard InChI is InChI=1S/C14H14O2/c1-14(13(15)16)9-5-8-12(10-14)11-6-3-2-4-7-11/h2-9H,10H2,1H3,(H,15,16). The lowest BCUT2D eigenvalue weighted by Gasteiger charge is -2.25. The normalized spacial score (nSPS) is 23.9. The smallest absolute Gasteiger partial charge is 0.313 e. The maximum Gasteiger partial charge on any atom is 0.313 e. The van der Waals surface area contributed by atoms with Gasteiger partial charge in [0.25, 0.3) is 0 Å². The van der Waals surface area contributed by atoms with E-state index in [4.69, 9.17) is 0 Å². The average Bonchev–Trinajstić information content (AvgIpc) is 2.30. The number of aliphatic carboxylic acids is 1. The first-order chi connectivity index (χ1) is 7.62. The Kier molecular flexibility index (Phi) is 2.65. The van der Waals surface area contributed by atoms with Crippen LogP contribution in [0, 0.1) is 5.41 Å². The molecule has 0 heterocycles. The van der Waals surface area contributed by atoms with Gasteiger partial charge in [-0.2, -0.15) is 0 Å². The minimum atomic E-state index is -0.778. The monoisotopic (exact) mass is 214 g/mol. The van der Waals surface area contributed by atoms with Crippen molar-refractivity contribution in [3.05, 3.63) is 54.1 Å². The first kappa shape index (κ1) is 10.7. The molecule has 0 amide bonds. The fraction of sp³-hybridized carbons (Fsp3) is 0.214. The van der Waals surface area contributed by atoms with Crippen molar-refractivity contribution in [1.82, 2.24) is 0 Å². The highest BCUT2D eigenvalue weighted by atomic mass is 16.4. The molecule has 0 spiro atoms. The van der Waals surface area contributed by atoms with Gasteiger partial charge in [0.05, 0.1) is 5.41 Å². The van der Waals surface area contributed by atoms with Gasteiger partial charge in [-0.05, 0) is 24.5 Å². The first-order valence-corrected chi connectivity index (χ1v) is 5.29. The van der Waals surface area contributed by atoms with E-state index in [9.17, 15) is 9.90 Å². The topological polar surface area (TPSA) is 37.3 Å². The zero-order valence-corrected chi connectivity index (χ0v) is 9.18. The van der Waals surface area contributed by atoms with Crippen LogP contribution in [0.3, 0.4) is 0 Å². The molecule has 0 saturated heterocycles. The minimum Gasteiger partial charge on any atom is -0.481 e. The summed E-state index contributed by atoms with van der Waals surface area (Å²) in [5.74, 6) is -0.773. The molecule has 0 fully saturated rings. The summed E-state index contributed by atoms with van der Waals surface area (Å²) in [6, 6.07) is 9.90. The molecule has 0 radical (unpaired) electrons. The molecule has 0 aliphatic heterocycles. The van der Waals surface area contributed by atoms with E-state index in [-0.39, 0.29) is 0 Å². The van der Waals surface area contributed by atoms with Crippen molar-refractivity contribution in [2.24, 2.45) is 5.41 Å². The Morgan fingerprint density at radius 1 is 1.31 bits per heavy atom. The van der Waals surface area contributed by atoms with Crippen molar-refractivity contribution in [2.75, 3.05) is 0 Å². The van der Waals surface area contributed by atoms with Gasteiger partial charge in [0.2, 0.25) is 0 Å². The quantitative estimate of drug-likeness (QED) is 0.821. The minimum absolute atomic E-state index is 0.544. The number of carboxylic acids is 1. The second-order valence-corrected chi connectivity index (χ2v) is 4.32. The Morgan fingerprint density at radius 3 is 2.62 bits per heavy atom. The summed E-state index contributed by atoms with van der Waals surface area (Å²) in [5.41, 5.74) is 1.40. The van der Waals surface area contributed by atoms with E-state index in [0.717, 1.165) is 11.1 Å². The Hall–Kier alpha value is -1.83. The van der Waals surface area contributed by atoms with Crippen LogP contribution in [0.15, 0.2) is 48.6 Å². The summed E-state index contributed by atoms with van der Waals surface area (Å²) < 4.78 is 0. The number of benzene rings is 1. The van der Waals surface area contributed by atoms with Crippen molar-refractivity contribution in [2.45, 2.75) is 13.3 Å². The van der Waals surface area contributed by atoms with Gasteiger partial charge in [0, 0.05) is 0 Å². The van der Waals surface area contributed by atoms with Gasteiger partial charge >= 0.3 is 5.97 Å². The number of rotatable bonds is 2. The number of carboxylic acid groups (broad SMARTS) is 1. The Bertz CT molecular complexity index is 457. The SMILES string of the molecule is CC1(C(=O)O)C=CC=C(c2ccccc2)C1. The van der Waals surface area contributed by atoms with Gasteiger partial charge in [0.1, 0.15) is 0 Å². The fourth-order valence-corrected chi connectivity index (χ4v) is 1.89. The lowest BCUT2D eigenvalue weighted by Crippen LogP contribution is -2.26. The third kappa shape index (κ3) is 1.91. The van der Waals surface area contributed by atoms with Crippen molar-refractivity contribution in [3.63, 3.8) is 0 Å². The number of hydrogen-bond acceptors (Lipinski definition) is 1. The molecule has 0 bridgehead atoms. The molecule has 0 aromatic heterocycles. The predicted octanol–water partition coefficient (Wildman–Crippen LogP) is 3.12. The van der Waals surface area contributed by atoms with E-state index in [1.54, 1.807) is 13.0 Å². The highest BCUT2D eigenvalue weighted by Gasteiger charge is 2.32. The van der Waals surface area contributed by atoms with Crippen LogP contribution in [0.1, 0.15) is 18.9 Å². The van der Waals surface area contributed by atoms with Crippen molar-refractivity contribution < 1.29 is 9.90 Å². The Labute approximate surface area is 94.9 Å². The van der Waals surface area contributed by atoms with Gasteiger partial charge in [-0.15, -0.1) is 0 Å². The van der Waals surface area contributed by atoms with E-state index >= 15 is 0 Å². The van der Waals surface area contributed by atoms with Crippen LogP contribution < -0.4 is 0 Å². The molecule has 2 nitrogen and oxygen atoms in total. The summed E-state index contributed by atoms with van der Waals surface area (Å²) >= 11 is 0. The van der Waals surface area contributed by atoms with E-state index in [2.05, 4.69) is 0 Å². The molecule has 1 unspecified atom stereocenters. The van der Waals surface area contributed by atoms with Gasteiger partial charge in [0.15, 0.2) is 0 Å². The van der Waals surface area contributed by atoms with E-state index in [0.29, 0.717) is 6.42 Å². The summed E-state index contributed by atoms with van der Waals surface area (Å²) in [5, 5.41) is 9.18. The molecule has 2 rings (SSSR count). The van der Waals surface area contributed by atoms with Crippen molar-refractivity contribution in [3.8, 4) is 0 Å². The highest BCUT2D eigenvalue weighted by Crippen LogP contribution is 2.35. The third-order valence-electron chi connectivity index (χ3n) is 2.95. The average molecular weight is 214 g/mol. The zero-order chi connectivity index (χ0) is 11.6. The van der Waals surface area contributed by atoms with Crippen molar-refractivity contribution >= 4 is 11.5 Å². The van der Waals surface area contributed by atoms with Crippen LogP contribution in [0.2, 0.25) is 0 Å². The van der Waals surface area contributed by atoms with Gasteiger partial charge in [-0.25, -0.2) is 0 Å². The fourth-order valence-electron chi connectivity index (χ4n) is 1.89. The van der Waals surface area contributed by atoms with Crippen LogP contribution in [0.25, 0.3) is 5.57 Å². The second kappa shape index (κ2) is 3.97. The molecule has 82 valence electrons. The molecule has 2 heteroatoms. The van der Waals surface area contributed by atoms with E-state index in [1.165, 1.54) is 0 Å². The van der Waals surface area contributed by atoms with Gasteiger partial charge < -0.3 is 5.11 Å². The van der Waals surface area contributed by atoms with Crippen LogP contribution in [0.4, 0.5) is 0 Å². The van der Waals surface area contributed by atoms with E-state index in [1.807, 2.05) is 42.5 Å². The summed E-state index contributed by atoms with van der Waals surface area (Å²) in [7, 11) is 0. The molecule has 0 saturated carbocycles. The van der Waals surface area contributed by atoms with E-state index < -0.39 is 11.4 Å². The number of allylic oxidation sites excluding steroid dienone is 3. The molecule has 1 aromatic rings. The maximum atomic E-state index is 11.2. The lowest BCUT2D eigenvalue weighted by molar-refractivity contribution is -0.144. The van der Waals surface area contributed by atoms with Crippen molar-refractivity contribution in [1.29, 1.82) is 0 Å². The number of hydrogen-bond donors (Lipinski definition) is 1. The molecule has 1 aromatic carbocycles. The summed E-state index contributed by atoms with van der Waals surface area (Å²) in [6.45, 7) is 1.75. The molecule has 16 heavy (non-hydrogen) atoms. The molecule has 1 aliphatic carbocycles. The second-order valence-electron chi connectivity index (χ2n) is 4.32. The Balaban J connectivity index is 2.31. The molecular weight excluding hydrogens is 200 g/mol. The third-order valence-corrected chi connectivity index (χ3v) is 2.95. The molecule has 1 atom stereocenters. The molecule has 1 aliphatic rings. The van der Waals surface area contributed by atoms with Crippen LogP contribution >= 0.6 is 0 Å². The Morgan fingerprint density at radius 2 is 2.00 bits per heavy atom. The number of carbonyl (C=O) groups is 1. The van der Waals surface area contributed by atoms with Crippen LogP contribution in [-0.2, 0) is 4.79 Å². The molecule has 1 N–H and O–H groups in total. The van der Waals surface area contributed by atoms with Crippen LogP contribution in [0.5, 0.6) is 0 Å². The first-order valence-electron chi connectivity index (χ1n) is 5.29. The summed E-state index contributed by atoms with van der Waals surface area (Å²) in [6.07, 6.45) is 6.12. The van der Waals surface area contributed by atoms with Crippen LogP contribution in [-0.4, -0.2) is 11.1 Å². The molecular formula is C14H14O2. The lowest BCUT2D eigenvalue weighted by atomic mass is 9.78. The summed E-state index contributed by atoms with van der Waals surface area (Å²) in [4.78, 5) is 11.2. The van der Waals surface area contributed by atoms with Gasteiger partial charge in [-0.1, -0.05) is 48.6 Å². The highest BCUT2D eigenvalue weighted by molar-refractivity contribution is 5.82. The largest absolute Gasteiger partial charge is 0.481 e. The van der Waals surface area contributed by atoms with Gasteiger partial charge in [-0.3, -0.25) is 4.79 Å².